The first-order valence-electron chi connectivity index (χ1n) is 7.85. The van der Waals surface area contributed by atoms with Gasteiger partial charge in [-0.3, -0.25) is 0 Å². The van der Waals surface area contributed by atoms with Crippen molar-refractivity contribution in [3.63, 3.8) is 0 Å². The Balaban J connectivity index is 2.63. The number of nitrogens with one attached hydrogen (secondary N) is 1. The number of ketones is 1. The maximum atomic E-state index is 13.3. The van der Waals surface area contributed by atoms with Crippen molar-refractivity contribution in [1.82, 2.24) is 5.32 Å². The largest absolute Gasteiger partial charge is 0.444 e. The maximum absolute atomic E-state index is 13.3. The van der Waals surface area contributed by atoms with Crippen LogP contribution in [-0.4, -0.2) is 29.4 Å². The molecule has 6 heteroatoms. The topological polar surface area (TPSA) is 55.4 Å². The number of carbonyl (C=O) groups is 2. The summed E-state index contributed by atoms with van der Waals surface area (Å²) in [5.74, 6) is -2.61. The minimum Gasteiger partial charge on any atom is -0.444 e. The number of hydrogen-bond donors (Lipinski definition) is 1. The Morgan fingerprint density at radius 3 is 2.27 bits per heavy atom. The maximum Gasteiger partial charge on any atom is 0.407 e. The smallest absolute Gasteiger partial charge is 0.407 e. The molecule has 1 aliphatic rings. The Morgan fingerprint density at radius 1 is 1.27 bits per heavy atom. The molecule has 4 nitrogen and oxygen atoms in total. The number of rotatable bonds is 5. The van der Waals surface area contributed by atoms with Crippen molar-refractivity contribution in [2.24, 2.45) is 5.92 Å². The van der Waals surface area contributed by atoms with Gasteiger partial charge in [-0.15, -0.1) is 0 Å². The second kappa shape index (κ2) is 7.38. The van der Waals surface area contributed by atoms with Crippen molar-refractivity contribution in [3.05, 3.63) is 0 Å². The van der Waals surface area contributed by atoms with Crippen molar-refractivity contribution >= 4 is 11.9 Å². The highest BCUT2D eigenvalue weighted by Gasteiger charge is 2.38. The Hall–Kier alpha value is -1.20. The molecule has 0 aromatic heterocycles. The van der Waals surface area contributed by atoms with Gasteiger partial charge in [0.15, 0.2) is 0 Å². The van der Waals surface area contributed by atoms with Crippen LogP contribution in [0.4, 0.5) is 13.6 Å². The minimum atomic E-state index is -2.60. The van der Waals surface area contributed by atoms with Gasteiger partial charge in [0.1, 0.15) is 11.4 Å². The molecule has 0 radical (unpaired) electrons. The molecule has 22 heavy (non-hydrogen) atoms. The van der Waals surface area contributed by atoms with Gasteiger partial charge in [-0.25, -0.2) is 13.6 Å². The summed E-state index contributed by atoms with van der Waals surface area (Å²) in [6.07, 6.45) is 0.613. The van der Waals surface area contributed by atoms with Crippen LogP contribution in [0.2, 0.25) is 0 Å². The van der Waals surface area contributed by atoms with E-state index in [9.17, 15) is 18.4 Å². The molecule has 1 rings (SSSR count). The van der Waals surface area contributed by atoms with E-state index in [1.165, 1.54) is 6.92 Å². The van der Waals surface area contributed by atoms with E-state index >= 15 is 0 Å². The lowest BCUT2D eigenvalue weighted by Gasteiger charge is -2.34. The quantitative estimate of drug-likeness (QED) is 0.831. The van der Waals surface area contributed by atoms with Gasteiger partial charge >= 0.3 is 6.09 Å². The van der Waals surface area contributed by atoms with Gasteiger partial charge in [-0.05, 0) is 52.9 Å². The molecule has 1 N–H and O–H groups in total. The van der Waals surface area contributed by atoms with E-state index in [0.717, 1.165) is 0 Å². The average molecular weight is 319 g/mol. The molecule has 0 spiro atoms. The Kier molecular flexibility index (Phi) is 6.32. The lowest BCUT2D eigenvalue weighted by molar-refractivity contribution is -0.117. The third kappa shape index (κ3) is 7.18. The number of hydrogen-bond acceptors (Lipinski definition) is 3. The number of Topliss-reactive ketones (excluding diaryl/α,β-unsaturated/α-hetero) is 1. The Bertz CT molecular complexity index is 395. The highest BCUT2D eigenvalue weighted by atomic mass is 19.3. The molecule has 0 heterocycles. The van der Waals surface area contributed by atoms with E-state index in [2.05, 4.69) is 5.32 Å². The molecule has 0 aromatic carbocycles. The normalized spacial score (nSPS) is 20.3. The van der Waals surface area contributed by atoms with Crippen molar-refractivity contribution < 1.29 is 23.1 Å². The second-order valence-electron chi connectivity index (χ2n) is 7.19. The standard InChI is InChI=1S/C16H27F2NO3/c1-11(20)5-6-13(19-14(21)22-15(2,3)4)12-7-9-16(17,18)10-8-12/h12-13H,5-10H2,1-4H3,(H,19,21). The predicted molar refractivity (Wildman–Crippen MR) is 80.0 cm³/mol. The molecular formula is C16H27F2NO3. The predicted octanol–water partition coefficient (Wildman–Crippen LogP) is 4.07. The van der Waals surface area contributed by atoms with E-state index in [-0.39, 0.29) is 30.6 Å². The number of amides is 1. The molecule has 1 saturated carbocycles. The summed E-state index contributed by atoms with van der Waals surface area (Å²) in [7, 11) is 0. The van der Waals surface area contributed by atoms with E-state index in [1.807, 2.05) is 0 Å². The van der Waals surface area contributed by atoms with E-state index < -0.39 is 17.6 Å². The zero-order valence-corrected chi connectivity index (χ0v) is 13.9. The molecule has 0 bridgehead atoms. The Labute approximate surface area is 131 Å². The van der Waals surface area contributed by atoms with Crippen LogP contribution in [0.1, 0.15) is 66.2 Å². The average Bonchev–Trinajstić information content (AvgIpc) is 2.32. The van der Waals surface area contributed by atoms with E-state index in [0.29, 0.717) is 25.7 Å². The second-order valence-corrected chi connectivity index (χ2v) is 7.19. The molecule has 0 aliphatic heterocycles. The zero-order valence-electron chi connectivity index (χ0n) is 13.9. The highest BCUT2D eigenvalue weighted by molar-refractivity contribution is 5.75. The van der Waals surface area contributed by atoms with Crippen LogP contribution in [0.25, 0.3) is 0 Å². The molecule has 0 aromatic rings. The minimum absolute atomic E-state index is 0.0251. The van der Waals surface area contributed by atoms with Gasteiger partial charge < -0.3 is 14.8 Å². The number of ether oxygens (including phenoxy) is 1. The highest BCUT2D eigenvalue weighted by Crippen LogP contribution is 2.38. The first-order chi connectivity index (χ1) is 9.98. The number of alkyl carbamates (subject to hydrolysis) is 1. The van der Waals surface area contributed by atoms with Gasteiger partial charge in [-0.1, -0.05) is 0 Å². The van der Waals surface area contributed by atoms with Crippen molar-refractivity contribution in [3.8, 4) is 0 Å². The van der Waals surface area contributed by atoms with Crippen molar-refractivity contribution in [1.29, 1.82) is 0 Å². The first-order valence-corrected chi connectivity index (χ1v) is 7.85. The number of alkyl halides is 2. The van der Waals surface area contributed by atoms with Crippen LogP contribution >= 0.6 is 0 Å². The van der Waals surface area contributed by atoms with Crippen molar-refractivity contribution in [2.75, 3.05) is 0 Å². The molecule has 128 valence electrons. The molecule has 1 aliphatic carbocycles. The van der Waals surface area contributed by atoms with Crippen LogP contribution < -0.4 is 5.32 Å². The van der Waals surface area contributed by atoms with Crippen molar-refractivity contribution in [2.45, 2.75) is 83.8 Å². The fourth-order valence-electron chi connectivity index (χ4n) is 2.71. The summed E-state index contributed by atoms with van der Waals surface area (Å²) >= 11 is 0. The first kappa shape index (κ1) is 18.8. The van der Waals surface area contributed by atoms with Gasteiger partial charge in [-0.2, -0.15) is 0 Å². The van der Waals surface area contributed by atoms with Gasteiger partial charge in [0.2, 0.25) is 5.92 Å². The van der Waals surface area contributed by atoms with E-state index in [1.54, 1.807) is 20.8 Å². The van der Waals surface area contributed by atoms with Crippen LogP contribution in [0.5, 0.6) is 0 Å². The summed E-state index contributed by atoms with van der Waals surface area (Å²) in [5.41, 5.74) is -0.616. The monoisotopic (exact) mass is 319 g/mol. The lowest BCUT2D eigenvalue weighted by Crippen LogP contribution is -2.45. The lowest BCUT2D eigenvalue weighted by atomic mass is 9.80. The number of halogens is 2. The molecule has 1 amide bonds. The molecule has 1 atom stereocenters. The zero-order chi connectivity index (χ0) is 17.0. The van der Waals surface area contributed by atoms with Crippen LogP contribution in [0.3, 0.4) is 0 Å². The van der Waals surface area contributed by atoms with Gasteiger partial charge in [0, 0.05) is 25.3 Å². The summed E-state index contributed by atoms with van der Waals surface area (Å²) in [6.45, 7) is 6.77. The third-order valence-corrected chi connectivity index (χ3v) is 3.84. The summed E-state index contributed by atoms with van der Waals surface area (Å²) in [6, 6.07) is -0.296. The van der Waals surface area contributed by atoms with Gasteiger partial charge in [0.25, 0.3) is 0 Å². The molecule has 1 fully saturated rings. The summed E-state index contributed by atoms with van der Waals surface area (Å²) in [5, 5.41) is 2.77. The SMILES string of the molecule is CC(=O)CCC(NC(=O)OC(C)(C)C)C1CCC(F)(F)CC1. The summed E-state index contributed by atoms with van der Waals surface area (Å²) < 4.78 is 31.8. The van der Waals surface area contributed by atoms with Gasteiger partial charge in [0.05, 0.1) is 0 Å². The molecular weight excluding hydrogens is 292 g/mol. The fourth-order valence-corrected chi connectivity index (χ4v) is 2.71. The molecule has 1 unspecified atom stereocenters. The van der Waals surface area contributed by atoms with Crippen LogP contribution in [0, 0.1) is 5.92 Å². The molecule has 0 saturated heterocycles. The van der Waals surface area contributed by atoms with Crippen LogP contribution in [0.15, 0.2) is 0 Å². The Morgan fingerprint density at radius 2 is 1.82 bits per heavy atom. The fraction of sp³-hybridized carbons (Fsp3) is 0.875. The third-order valence-electron chi connectivity index (χ3n) is 3.84. The van der Waals surface area contributed by atoms with Crippen LogP contribution in [-0.2, 0) is 9.53 Å². The summed E-state index contributed by atoms with van der Waals surface area (Å²) in [4.78, 5) is 23.1. The number of carbonyl (C=O) groups excluding carboxylic acids is 2. The van der Waals surface area contributed by atoms with E-state index in [4.69, 9.17) is 4.74 Å².